The van der Waals surface area contributed by atoms with Crippen molar-refractivity contribution >= 4 is 17.7 Å². The molecule has 0 aliphatic carbocycles. The Kier molecular flexibility index (Phi) is 5.98. The van der Waals surface area contributed by atoms with E-state index in [9.17, 15) is 9.59 Å². The minimum atomic E-state index is -0.741. The fraction of sp³-hybridized carbons (Fsp3) is 0.786. The summed E-state index contributed by atoms with van der Waals surface area (Å²) in [5.74, 6) is -0.242. The highest BCUT2D eigenvalue weighted by Crippen LogP contribution is 2.35. The normalized spacial score (nSPS) is 26.4. The molecular weight excluding hydrogens is 258 g/mol. The van der Waals surface area contributed by atoms with Gasteiger partial charge in [-0.05, 0) is 20.3 Å². The third-order valence-electron chi connectivity index (χ3n) is 3.80. The van der Waals surface area contributed by atoms with Crippen molar-refractivity contribution in [1.29, 1.82) is 0 Å². The lowest BCUT2D eigenvalue weighted by Crippen LogP contribution is -2.36. The number of hydrogen-bond donors (Lipinski definition) is 2. The Balaban J connectivity index is 2.55. The third kappa shape index (κ3) is 4.51. The van der Waals surface area contributed by atoms with Crippen molar-refractivity contribution in [3.05, 3.63) is 0 Å². The molecule has 0 aromatic carbocycles. The van der Waals surface area contributed by atoms with Crippen molar-refractivity contribution in [2.75, 3.05) is 0 Å². The number of hydrogen-bond acceptors (Lipinski definition) is 4. The molecule has 6 heteroatoms. The van der Waals surface area contributed by atoms with E-state index in [-0.39, 0.29) is 11.9 Å². The Hall–Kier alpha value is -1.59. The summed E-state index contributed by atoms with van der Waals surface area (Å²) in [6.45, 7) is 5.70. The standard InChI is InChI=1S/C14H25N3O3/c1-4-5-6-7-8-11-9-14(3,20-12(11)18)10(2)16-17-13(15)19/h11H,4-9H2,1-3H3,(H3,15,17,19)/b16-10-/t11-,14-/m0/s1. The monoisotopic (exact) mass is 283 g/mol. The maximum atomic E-state index is 11.9. The second-order valence-electron chi connectivity index (χ2n) is 5.58. The van der Waals surface area contributed by atoms with Crippen molar-refractivity contribution < 1.29 is 14.3 Å². The summed E-state index contributed by atoms with van der Waals surface area (Å²) in [6.07, 6.45) is 6.02. The molecule has 1 aliphatic rings. The molecular formula is C14H25N3O3. The Morgan fingerprint density at radius 3 is 2.80 bits per heavy atom. The minimum Gasteiger partial charge on any atom is -0.453 e. The van der Waals surface area contributed by atoms with Crippen molar-refractivity contribution in [3.8, 4) is 0 Å². The van der Waals surface area contributed by atoms with Gasteiger partial charge >= 0.3 is 12.0 Å². The van der Waals surface area contributed by atoms with Gasteiger partial charge in [-0.15, -0.1) is 0 Å². The molecule has 1 rings (SSSR count). The van der Waals surface area contributed by atoms with E-state index in [0.717, 1.165) is 19.3 Å². The van der Waals surface area contributed by atoms with E-state index >= 15 is 0 Å². The van der Waals surface area contributed by atoms with E-state index in [1.54, 1.807) is 6.92 Å². The summed E-state index contributed by atoms with van der Waals surface area (Å²) in [5, 5.41) is 3.87. The number of amides is 2. The van der Waals surface area contributed by atoms with E-state index in [0.29, 0.717) is 12.1 Å². The van der Waals surface area contributed by atoms with Crippen molar-refractivity contribution in [1.82, 2.24) is 5.43 Å². The quantitative estimate of drug-likeness (QED) is 0.325. The first kappa shape index (κ1) is 16.5. The Morgan fingerprint density at radius 1 is 1.50 bits per heavy atom. The largest absolute Gasteiger partial charge is 0.453 e. The van der Waals surface area contributed by atoms with Crippen molar-refractivity contribution in [2.24, 2.45) is 16.8 Å². The molecule has 3 N–H and O–H groups in total. The van der Waals surface area contributed by atoms with Crippen LogP contribution in [0.5, 0.6) is 0 Å². The van der Waals surface area contributed by atoms with Crippen LogP contribution in [0.4, 0.5) is 4.79 Å². The minimum absolute atomic E-state index is 0.0735. The molecule has 1 saturated heterocycles. The molecule has 1 fully saturated rings. The Morgan fingerprint density at radius 2 is 2.20 bits per heavy atom. The van der Waals surface area contributed by atoms with Gasteiger partial charge in [-0.3, -0.25) is 4.79 Å². The fourth-order valence-electron chi connectivity index (χ4n) is 2.42. The second kappa shape index (κ2) is 7.26. The highest BCUT2D eigenvalue weighted by atomic mass is 16.6. The number of carbonyl (C=O) groups excluding carboxylic acids is 2. The van der Waals surface area contributed by atoms with Gasteiger partial charge in [-0.2, -0.15) is 5.10 Å². The van der Waals surface area contributed by atoms with E-state index < -0.39 is 11.6 Å². The zero-order valence-electron chi connectivity index (χ0n) is 12.6. The van der Waals surface area contributed by atoms with Gasteiger partial charge in [0.15, 0.2) is 0 Å². The van der Waals surface area contributed by atoms with Crippen LogP contribution in [0.15, 0.2) is 5.10 Å². The molecule has 0 spiro atoms. The smallest absolute Gasteiger partial charge is 0.332 e. The number of esters is 1. The van der Waals surface area contributed by atoms with Gasteiger partial charge in [-0.25, -0.2) is 10.2 Å². The van der Waals surface area contributed by atoms with E-state index in [4.69, 9.17) is 10.5 Å². The summed E-state index contributed by atoms with van der Waals surface area (Å²) < 4.78 is 5.45. The number of nitrogens with zero attached hydrogens (tertiary/aromatic N) is 1. The molecule has 0 aromatic rings. The van der Waals surface area contributed by atoms with Crippen LogP contribution in [0, 0.1) is 5.92 Å². The SMILES string of the molecule is CCCCCC[C@H]1C[C@@](C)(/C(C)=N\NC(N)=O)OC1=O. The van der Waals surface area contributed by atoms with Crippen LogP contribution in [0.2, 0.25) is 0 Å². The number of nitrogens with one attached hydrogen (secondary N) is 1. The molecule has 0 radical (unpaired) electrons. The van der Waals surface area contributed by atoms with E-state index in [1.165, 1.54) is 12.8 Å². The van der Waals surface area contributed by atoms with Gasteiger partial charge in [0.25, 0.3) is 0 Å². The van der Waals surface area contributed by atoms with Crippen molar-refractivity contribution in [2.45, 2.75) is 64.9 Å². The van der Waals surface area contributed by atoms with Gasteiger partial charge in [0.2, 0.25) is 0 Å². The van der Waals surface area contributed by atoms with E-state index in [1.807, 2.05) is 6.92 Å². The van der Waals surface area contributed by atoms with Crippen LogP contribution in [0.3, 0.4) is 0 Å². The van der Waals surface area contributed by atoms with Crippen LogP contribution >= 0.6 is 0 Å². The number of carbonyl (C=O) groups is 2. The zero-order chi connectivity index (χ0) is 15.2. The maximum Gasteiger partial charge on any atom is 0.332 e. The number of primary amides is 1. The fourth-order valence-corrected chi connectivity index (χ4v) is 2.42. The van der Waals surface area contributed by atoms with Crippen molar-refractivity contribution in [3.63, 3.8) is 0 Å². The molecule has 0 saturated carbocycles. The summed E-state index contributed by atoms with van der Waals surface area (Å²) >= 11 is 0. The molecule has 2 atom stereocenters. The van der Waals surface area contributed by atoms with Gasteiger partial charge in [0.1, 0.15) is 5.60 Å². The zero-order valence-corrected chi connectivity index (χ0v) is 12.6. The summed E-state index contributed by atoms with van der Waals surface area (Å²) in [5.41, 5.74) is 6.95. The lowest BCUT2D eigenvalue weighted by Gasteiger charge is -2.22. The number of hydrazone groups is 1. The number of cyclic esters (lactones) is 1. The number of ether oxygens (including phenoxy) is 1. The Labute approximate surface area is 120 Å². The molecule has 0 unspecified atom stereocenters. The highest BCUT2D eigenvalue weighted by Gasteiger charge is 2.45. The molecule has 6 nitrogen and oxygen atoms in total. The average molecular weight is 283 g/mol. The van der Waals surface area contributed by atoms with Gasteiger partial charge in [-0.1, -0.05) is 32.6 Å². The number of unbranched alkanes of at least 4 members (excludes halogenated alkanes) is 3. The number of urea groups is 1. The van der Waals surface area contributed by atoms with Gasteiger partial charge in [0, 0.05) is 6.42 Å². The average Bonchev–Trinajstić information content (AvgIpc) is 2.68. The molecule has 1 aliphatic heterocycles. The molecule has 20 heavy (non-hydrogen) atoms. The first-order valence-corrected chi connectivity index (χ1v) is 7.22. The second-order valence-corrected chi connectivity index (χ2v) is 5.58. The topological polar surface area (TPSA) is 93.8 Å². The predicted molar refractivity (Wildman–Crippen MR) is 77.2 cm³/mol. The lowest BCUT2D eigenvalue weighted by atomic mass is 9.89. The Bertz CT molecular complexity index is 395. The summed E-state index contributed by atoms with van der Waals surface area (Å²) in [4.78, 5) is 22.6. The predicted octanol–water partition coefficient (Wildman–Crippen LogP) is 2.32. The van der Waals surface area contributed by atoms with E-state index in [2.05, 4.69) is 17.5 Å². The molecule has 1 heterocycles. The van der Waals surface area contributed by atoms with Crippen LogP contribution < -0.4 is 11.2 Å². The molecule has 0 bridgehead atoms. The van der Waals surface area contributed by atoms with Crippen LogP contribution in [0.25, 0.3) is 0 Å². The van der Waals surface area contributed by atoms with Crippen LogP contribution in [0.1, 0.15) is 59.3 Å². The van der Waals surface area contributed by atoms with Crippen LogP contribution in [-0.4, -0.2) is 23.3 Å². The highest BCUT2D eigenvalue weighted by molar-refractivity contribution is 5.95. The third-order valence-corrected chi connectivity index (χ3v) is 3.80. The maximum absolute atomic E-state index is 11.9. The number of rotatable bonds is 7. The lowest BCUT2D eigenvalue weighted by molar-refractivity contribution is -0.146. The summed E-state index contributed by atoms with van der Waals surface area (Å²) in [6, 6.07) is -0.728. The van der Waals surface area contributed by atoms with Gasteiger partial charge in [0.05, 0.1) is 11.6 Å². The molecule has 2 amide bonds. The van der Waals surface area contributed by atoms with Crippen LogP contribution in [-0.2, 0) is 9.53 Å². The first-order valence-electron chi connectivity index (χ1n) is 7.22. The molecule has 0 aromatic heterocycles. The first-order chi connectivity index (χ1) is 9.39. The number of nitrogens with two attached hydrogens (primary N) is 1. The van der Waals surface area contributed by atoms with Gasteiger partial charge < -0.3 is 10.5 Å². The molecule has 114 valence electrons. The summed E-state index contributed by atoms with van der Waals surface area (Å²) in [7, 11) is 0.